The van der Waals surface area contributed by atoms with Crippen LogP contribution >= 0.6 is 0 Å². The van der Waals surface area contributed by atoms with E-state index in [1.165, 1.54) is 30.9 Å². The molecule has 14 N–H and O–H groups in total. The van der Waals surface area contributed by atoms with E-state index < -0.39 is 152 Å². The van der Waals surface area contributed by atoms with Crippen LogP contribution in [0.25, 0.3) is 0 Å². The third kappa shape index (κ3) is 15.7. The fraction of sp³-hybridized carbons (Fsp3) is 0.463. The largest absolute Gasteiger partial charge is 0.444 e. The lowest BCUT2D eigenvalue weighted by atomic mass is 9.87. The van der Waals surface area contributed by atoms with Crippen LogP contribution in [-0.4, -0.2) is 173 Å². The highest BCUT2D eigenvalue weighted by molar-refractivity contribution is 6.08. The van der Waals surface area contributed by atoms with Crippen molar-refractivity contribution in [1.29, 1.82) is 0 Å². The van der Waals surface area contributed by atoms with Crippen molar-refractivity contribution in [3.05, 3.63) is 108 Å². The number of anilines is 4. The summed E-state index contributed by atoms with van der Waals surface area (Å²) < 4.78 is 16.3. The van der Waals surface area contributed by atoms with Crippen molar-refractivity contribution in [2.45, 2.75) is 127 Å². The van der Waals surface area contributed by atoms with Gasteiger partial charge in [-0.2, -0.15) is 0 Å². The maximum absolute atomic E-state index is 13.7. The van der Waals surface area contributed by atoms with E-state index in [0.717, 1.165) is 11.1 Å². The number of amides is 5. The Bertz CT molecular complexity index is 2820. The first-order valence-electron chi connectivity index (χ1n) is 25.6. The van der Waals surface area contributed by atoms with Crippen LogP contribution in [0, 0.1) is 11.8 Å². The Kier molecular flexibility index (Phi) is 21.4. The molecule has 2 aromatic carbocycles. The molecule has 4 aromatic rings. The average Bonchev–Trinajstić information content (AvgIpc) is 3.87. The third-order valence-corrected chi connectivity index (χ3v) is 13.7. The SMILES string of the molecule is CC(CC(=O)[C@H](O)[C@H](O)[C@@H](O[C@@H]1O[C@H](CO)[C@H](O)[C@H](O)[C@H]1O)[C@H](O)CO)C(=O)NC(C)C(=O)CC(CC(N)=O)C(=O)Nc1ccc(COC(=O)N2CC(C)(C)c3ccc(NC(=O)c4cccnc4NCc4ccncc4)cc32)cc1. The number of hydrogen-bond donors (Lipinski definition) is 13. The zero-order valence-electron chi connectivity index (χ0n) is 44.2. The van der Waals surface area contributed by atoms with Crippen LogP contribution in [0.1, 0.15) is 74.0 Å². The van der Waals surface area contributed by atoms with Crippen LogP contribution < -0.4 is 31.9 Å². The first-order chi connectivity index (χ1) is 37.9. The summed E-state index contributed by atoms with van der Waals surface area (Å²) in [7, 11) is 0. The Morgan fingerprint density at radius 3 is 2.16 bits per heavy atom. The number of aliphatic hydroxyl groups is 8. The summed E-state index contributed by atoms with van der Waals surface area (Å²) in [5.41, 5.74) is 8.88. The topological polar surface area (TPSA) is 412 Å². The van der Waals surface area contributed by atoms with Crippen LogP contribution in [0.3, 0.4) is 0 Å². The normalized spacial score (nSPS) is 21.1. The van der Waals surface area contributed by atoms with Crippen molar-refractivity contribution in [2.24, 2.45) is 17.6 Å². The second-order valence-electron chi connectivity index (χ2n) is 20.3. The van der Waals surface area contributed by atoms with Gasteiger partial charge in [0, 0.05) is 73.7 Å². The van der Waals surface area contributed by atoms with Crippen LogP contribution in [0.15, 0.2) is 85.3 Å². The molecule has 0 aliphatic carbocycles. The monoisotopic (exact) mass is 1120 g/mol. The van der Waals surface area contributed by atoms with Gasteiger partial charge in [-0.1, -0.05) is 39.0 Å². The van der Waals surface area contributed by atoms with Gasteiger partial charge in [0.1, 0.15) is 61.3 Å². The van der Waals surface area contributed by atoms with Gasteiger partial charge >= 0.3 is 6.09 Å². The summed E-state index contributed by atoms with van der Waals surface area (Å²) in [4.78, 5) is 102. The Hall–Kier alpha value is -7.37. The predicted octanol–water partition coefficient (Wildman–Crippen LogP) is -0.475. The molecule has 12 atom stereocenters. The van der Waals surface area contributed by atoms with Crippen molar-refractivity contribution in [1.82, 2.24) is 15.3 Å². The van der Waals surface area contributed by atoms with E-state index in [0.29, 0.717) is 34.9 Å². The number of ketones is 2. The Labute approximate surface area is 459 Å². The molecule has 26 heteroatoms. The summed E-state index contributed by atoms with van der Waals surface area (Å²) in [6.07, 6.45) is -15.5. The van der Waals surface area contributed by atoms with E-state index in [9.17, 15) is 74.4 Å². The first kappa shape index (κ1) is 61.8. The first-order valence-corrected chi connectivity index (χ1v) is 25.6. The number of rotatable bonds is 26. The number of Topliss-reactive ketones (excluding diaryl/α,β-unsaturated/α-hetero) is 2. The number of carbonyl (C=O) groups is 7. The highest BCUT2D eigenvalue weighted by atomic mass is 16.7. The van der Waals surface area contributed by atoms with E-state index in [4.69, 9.17) is 19.9 Å². The highest BCUT2D eigenvalue weighted by Gasteiger charge is 2.48. The fourth-order valence-electron chi connectivity index (χ4n) is 8.98. The summed E-state index contributed by atoms with van der Waals surface area (Å²) >= 11 is 0. The molecular formula is C54H68N8O18. The number of benzene rings is 2. The summed E-state index contributed by atoms with van der Waals surface area (Å²) in [6.45, 7) is 5.08. The average molecular weight is 1120 g/mol. The Balaban J connectivity index is 0.989. The summed E-state index contributed by atoms with van der Waals surface area (Å²) in [5.74, 6) is -7.00. The molecule has 80 heavy (non-hydrogen) atoms. The van der Waals surface area contributed by atoms with Crippen molar-refractivity contribution >= 4 is 64.2 Å². The number of nitrogens with one attached hydrogen (secondary N) is 4. The minimum atomic E-state index is -2.38. The third-order valence-electron chi connectivity index (χ3n) is 13.7. The Morgan fingerprint density at radius 1 is 0.812 bits per heavy atom. The molecule has 1 fully saturated rings. The molecule has 432 valence electrons. The van der Waals surface area contributed by atoms with Gasteiger partial charge in [0.05, 0.1) is 36.4 Å². The molecule has 2 aliphatic heterocycles. The second-order valence-corrected chi connectivity index (χ2v) is 20.3. The molecule has 6 rings (SSSR count). The minimum Gasteiger partial charge on any atom is -0.444 e. The van der Waals surface area contributed by atoms with Gasteiger partial charge in [-0.25, -0.2) is 9.78 Å². The predicted molar refractivity (Wildman–Crippen MR) is 283 cm³/mol. The number of primary amides is 1. The summed E-state index contributed by atoms with van der Waals surface area (Å²) in [5, 5.41) is 92.6. The molecule has 1 saturated heterocycles. The zero-order valence-corrected chi connectivity index (χ0v) is 44.2. The standard InChI is InChI=1S/C54H68N8O18/c1-27(18-38(66)42(69)45(72)47(39(67)23-63)80-52-46(73)44(71)43(70)40(24-64)79-52)49(74)59-28(2)37(65)19-31(20-41(55)68)50(75)60-32-9-7-30(8-10-32)25-78-53(77)62-26-54(3,4)35-12-11-33(21-36(35)62)61-51(76)34-6-5-15-57-48(34)58-22-29-13-16-56-17-14-29/h5-17,21,27-28,31,39-40,42-47,52,63-64,67,69-73H,18-20,22-26H2,1-4H3,(H2,55,68)(H,57,58)(H,59,74)(H,60,75)(H,61,76)/t27?,28?,31?,39-,40-,42+,43+,44+,45+,46-,47+,52+/m1/s1. The maximum Gasteiger partial charge on any atom is 0.414 e. The number of nitrogens with two attached hydrogens (primary N) is 1. The molecule has 26 nitrogen and oxygen atoms in total. The lowest BCUT2D eigenvalue weighted by molar-refractivity contribution is -0.326. The van der Waals surface area contributed by atoms with Crippen LogP contribution in [0.4, 0.5) is 27.7 Å². The van der Waals surface area contributed by atoms with E-state index in [2.05, 4.69) is 31.2 Å². The van der Waals surface area contributed by atoms with Crippen molar-refractivity contribution < 1.29 is 88.6 Å². The quantitative estimate of drug-likeness (QED) is 0.0378. The smallest absolute Gasteiger partial charge is 0.414 e. The molecule has 5 amide bonds. The van der Waals surface area contributed by atoms with E-state index in [-0.39, 0.29) is 18.8 Å². The molecular weight excluding hydrogens is 1050 g/mol. The highest BCUT2D eigenvalue weighted by Crippen LogP contribution is 2.42. The van der Waals surface area contributed by atoms with Gasteiger partial charge < -0.3 is 82.1 Å². The van der Waals surface area contributed by atoms with Gasteiger partial charge in [-0.3, -0.25) is 38.7 Å². The van der Waals surface area contributed by atoms with Gasteiger partial charge in [0.25, 0.3) is 5.91 Å². The van der Waals surface area contributed by atoms with Crippen molar-refractivity contribution in [3.8, 4) is 0 Å². The number of aliphatic hydroxyl groups excluding tert-OH is 8. The van der Waals surface area contributed by atoms with Gasteiger partial charge in [-0.15, -0.1) is 0 Å². The lowest BCUT2D eigenvalue weighted by Crippen LogP contribution is -2.61. The number of fused-ring (bicyclic) bond motifs is 1. The number of aromatic nitrogens is 2. The molecule has 0 spiro atoms. The molecule has 0 radical (unpaired) electrons. The second kappa shape index (κ2) is 27.7. The number of pyridine rings is 2. The number of ether oxygens (including phenoxy) is 3. The molecule has 2 aliphatic rings. The minimum absolute atomic E-state index is 0.164. The van der Waals surface area contributed by atoms with Crippen LogP contribution in [-0.2, 0) is 56.7 Å². The molecule has 0 bridgehead atoms. The summed E-state index contributed by atoms with van der Waals surface area (Å²) in [6, 6.07) is 17.2. The van der Waals surface area contributed by atoms with Gasteiger partial charge in [0.15, 0.2) is 17.9 Å². The fourth-order valence-corrected chi connectivity index (χ4v) is 8.98. The number of carbonyl (C=O) groups excluding carboxylic acids is 7. The lowest BCUT2D eigenvalue weighted by Gasteiger charge is -2.42. The molecule has 2 aromatic heterocycles. The molecule has 3 unspecified atom stereocenters. The van der Waals surface area contributed by atoms with E-state index >= 15 is 0 Å². The van der Waals surface area contributed by atoms with E-state index in [1.807, 2.05) is 32.0 Å². The van der Waals surface area contributed by atoms with E-state index in [1.54, 1.807) is 55.0 Å². The van der Waals surface area contributed by atoms with Crippen molar-refractivity contribution in [3.63, 3.8) is 0 Å². The number of hydrogen-bond acceptors (Lipinski definition) is 21. The molecule has 0 saturated carbocycles. The van der Waals surface area contributed by atoms with Crippen LogP contribution in [0.2, 0.25) is 0 Å². The van der Waals surface area contributed by atoms with Crippen molar-refractivity contribution in [2.75, 3.05) is 40.6 Å². The Morgan fingerprint density at radius 2 is 1.50 bits per heavy atom. The van der Waals surface area contributed by atoms with Gasteiger partial charge in [-0.05, 0) is 72.1 Å². The zero-order chi connectivity index (χ0) is 58.6. The number of nitrogens with zero attached hydrogens (tertiary/aromatic N) is 3. The molecule has 4 heterocycles. The maximum atomic E-state index is 13.7. The van der Waals surface area contributed by atoms with Crippen LogP contribution in [0.5, 0.6) is 0 Å². The van der Waals surface area contributed by atoms with Gasteiger partial charge in [0.2, 0.25) is 17.7 Å².